The van der Waals surface area contributed by atoms with Crippen LogP contribution in [0.25, 0.3) is 27.5 Å². The maximum absolute atomic E-state index is 13.3. The number of nitrogens with zero attached hydrogens (tertiary/aromatic N) is 4. The monoisotopic (exact) mass is 469 g/mol. The van der Waals surface area contributed by atoms with Crippen LogP contribution in [-0.4, -0.2) is 31.3 Å². The number of aromatic amines is 1. The van der Waals surface area contributed by atoms with Gasteiger partial charge in [0.25, 0.3) is 11.5 Å². The molecule has 0 saturated heterocycles. The molecule has 2 N–H and O–H groups in total. The summed E-state index contributed by atoms with van der Waals surface area (Å²) < 4.78 is 1.50. The van der Waals surface area contributed by atoms with Gasteiger partial charge in [0.15, 0.2) is 10.8 Å². The molecule has 34 heavy (non-hydrogen) atoms. The van der Waals surface area contributed by atoms with Crippen LogP contribution >= 0.6 is 11.8 Å². The highest BCUT2D eigenvalue weighted by Crippen LogP contribution is 2.35. The van der Waals surface area contributed by atoms with Crippen molar-refractivity contribution in [2.24, 2.45) is 10.2 Å². The third kappa shape index (κ3) is 4.08. The van der Waals surface area contributed by atoms with Crippen molar-refractivity contribution in [2.45, 2.75) is 12.1 Å². The van der Waals surface area contributed by atoms with Crippen LogP contribution < -0.4 is 5.56 Å². The van der Waals surface area contributed by atoms with E-state index in [1.165, 1.54) is 4.57 Å². The smallest absolute Gasteiger partial charge is 0.275 e. The average molecular weight is 470 g/mol. The Morgan fingerprint density at radius 3 is 2.65 bits per heavy atom. The molecule has 0 fully saturated rings. The van der Waals surface area contributed by atoms with Crippen LogP contribution in [0.3, 0.4) is 0 Å². The summed E-state index contributed by atoms with van der Waals surface area (Å²) in [5, 5.41) is 19.4. The maximum atomic E-state index is 13.3. The Morgan fingerprint density at radius 2 is 1.82 bits per heavy atom. The lowest BCUT2D eigenvalue weighted by Crippen LogP contribution is -2.22. The second-order valence-electron chi connectivity index (χ2n) is 7.64. The van der Waals surface area contributed by atoms with Crippen LogP contribution in [-0.2, 0) is 4.79 Å². The van der Waals surface area contributed by atoms with E-state index >= 15 is 0 Å². The Morgan fingerprint density at radius 1 is 1.06 bits per heavy atom. The Kier molecular flexibility index (Phi) is 5.69. The van der Waals surface area contributed by atoms with E-state index in [1.807, 2.05) is 61.5 Å². The summed E-state index contributed by atoms with van der Waals surface area (Å²) >= 11 is 1.11. The van der Waals surface area contributed by atoms with Crippen LogP contribution in [0.1, 0.15) is 5.56 Å². The van der Waals surface area contributed by atoms with Crippen molar-refractivity contribution < 1.29 is 9.90 Å². The first-order chi connectivity index (χ1) is 16.5. The highest BCUT2D eigenvalue weighted by atomic mass is 32.2. The van der Waals surface area contributed by atoms with Gasteiger partial charge in [0.1, 0.15) is 0 Å². The number of thioether (sulfide) groups is 1. The van der Waals surface area contributed by atoms with E-state index in [4.69, 9.17) is 0 Å². The first-order valence-electron chi connectivity index (χ1n) is 10.5. The fourth-order valence-electron chi connectivity index (χ4n) is 3.66. The molecular formula is C25H19N5O3S. The van der Waals surface area contributed by atoms with E-state index in [1.54, 1.807) is 18.2 Å². The molecule has 3 aromatic carbocycles. The summed E-state index contributed by atoms with van der Waals surface area (Å²) in [7, 11) is 0. The van der Waals surface area contributed by atoms with Crippen molar-refractivity contribution in [3.8, 4) is 11.6 Å². The molecule has 5 aromatic rings. The van der Waals surface area contributed by atoms with Gasteiger partial charge in [0.2, 0.25) is 5.88 Å². The van der Waals surface area contributed by atoms with E-state index in [-0.39, 0.29) is 22.9 Å². The zero-order chi connectivity index (χ0) is 23.7. The molecule has 8 nitrogen and oxygen atoms in total. The molecule has 1 amide bonds. The number of hydrogen-bond donors (Lipinski definition) is 2. The van der Waals surface area contributed by atoms with Crippen molar-refractivity contribution >= 4 is 45.2 Å². The molecular weight excluding hydrogens is 450 g/mol. The third-order valence-corrected chi connectivity index (χ3v) is 6.18. The summed E-state index contributed by atoms with van der Waals surface area (Å²) in [5.41, 5.74) is 2.86. The first-order valence-corrected chi connectivity index (χ1v) is 11.5. The maximum Gasteiger partial charge on any atom is 0.275 e. The first kappa shape index (κ1) is 21.6. The summed E-state index contributed by atoms with van der Waals surface area (Å²) in [6.07, 6.45) is 0. The summed E-state index contributed by atoms with van der Waals surface area (Å²) in [4.78, 5) is 33.3. The molecule has 2 aromatic heterocycles. The number of azo groups is 1. The Balaban J connectivity index is 1.46. The highest BCUT2D eigenvalue weighted by Gasteiger charge is 2.16. The van der Waals surface area contributed by atoms with Gasteiger partial charge < -0.3 is 10.1 Å². The number of fused-ring (bicyclic) bond motifs is 2. The molecule has 0 aliphatic carbocycles. The normalized spacial score (nSPS) is 11.6. The van der Waals surface area contributed by atoms with Crippen molar-refractivity contribution in [2.75, 3.05) is 5.75 Å². The quantitative estimate of drug-likeness (QED) is 0.206. The molecule has 9 heteroatoms. The lowest BCUT2D eigenvalue weighted by atomic mass is 10.1. The van der Waals surface area contributed by atoms with E-state index in [0.29, 0.717) is 32.6 Å². The zero-order valence-electron chi connectivity index (χ0n) is 18.1. The molecule has 168 valence electrons. The number of carbonyl (C=O) groups excluding carboxylic acids is 1. The van der Waals surface area contributed by atoms with Gasteiger partial charge in [0, 0.05) is 5.39 Å². The number of H-pyrrole nitrogens is 1. The SMILES string of the molecule is Cc1ccc2nc(SCC(=O)N=Nc3c(O)[nH]c4ccccc34)n(-c3ccccc3)c(=O)c2c1. The number of amides is 1. The number of aryl methyl sites for hydroxylation is 1. The lowest BCUT2D eigenvalue weighted by molar-refractivity contribution is -0.115. The van der Waals surface area contributed by atoms with Gasteiger partial charge in [-0.05, 0) is 37.3 Å². The molecule has 2 heterocycles. The van der Waals surface area contributed by atoms with Gasteiger partial charge >= 0.3 is 0 Å². The number of nitrogens with one attached hydrogen (secondary N) is 1. The Bertz CT molecular complexity index is 1620. The molecule has 0 radical (unpaired) electrons. The van der Waals surface area contributed by atoms with Crippen LogP contribution in [0.5, 0.6) is 5.88 Å². The van der Waals surface area contributed by atoms with Crippen molar-refractivity contribution in [3.05, 3.63) is 88.7 Å². The van der Waals surface area contributed by atoms with Gasteiger partial charge in [-0.3, -0.25) is 14.2 Å². The molecule has 0 saturated carbocycles. The predicted molar refractivity (Wildman–Crippen MR) is 132 cm³/mol. The number of rotatable bonds is 5. The molecule has 0 aliphatic rings. The van der Waals surface area contributed by atoms with Gasteiger partial charge in [-0.25, -0.2) is 4.98 Å². The molecule has 0 bridgehead atoms. The summed E-state index contributed by atoms with van der Waals surface area (Å²) in [6.45, 7) is 1.92. The largest absolute Gasteiger partial charge is 0.493 e. The van der Waals surface area contributed by atoms with Crippen molar-refractivity contribution in [1.82, 2.24) is 14.5 Å². The molecule has 0 spiro atoms. The predicted octanol–water partition coefficient (Wildman–Crippen LogP) is 5.28. The number of hydrogen-bond acceptors (Lipinski definition) is 6. The van der Waals surface area contributed by atoms with Gasteiger partial charge in [-0.15, -0.1) is 10.2 Å². The van der Waals surface area contributed by atoms with E-state index < -0.39 is 5.91 Å². The fraction of sp³-hybridized carbons (Fsp3) is 0.0800. The van der Waals surface area contributed by atoms with E-state index in [9.17, 15) is 14.7 Å². The fourth-order valence-corrected chi connectivity index (χ4v) is 4.45. The number of carbonyl (C=O) groups is 1. The third-order valence-electron chi connectivity index (χ3n) is 5.25. The van der Waals surface area contributed by atoms with Crippen molar-refractivity contribution in [1.29, 1.82) is 0 Å². The second-order valence-corrected chi connectivity index (χ2v) is 8.58. The average Bonchev–Trinajstić information content (AvgIpc) is 3.17. The van der Waals surface area contributed by atoms with Crippen LogP contribution in [0.2, 0.25) is 0 Å². The van der Waals surface area contributed by atoms with Crippen LogP contribution in [0.15, 0.2) is 93.0 Å². The number of para-hydroxylation sites is 2. The molecule has 0 aliphatic heterocycles. The van der Waals surface area contributed by atoms with Crippen LogP contribution in [0, 0.1) is 6.92 Å². The van der Waals surface area contributed by atoms with Crippen molar-refractivity contribution in [3.63, 3.8) is 0 Å². The minimum atomic E-state index is -0.521. The van der Waals surface area contributed by atoms with E-state index in [0.717, 1.165) is 17.3 Å². The minimum Gasteiger partial charge on any atom is -0.493 e. The highest BCUT2D eigenvalue weighted by molar-refractivity contribution is 7.99. The summed E-state index contributed by atoms with van der Waals surface area (Å²) in [6, 6.07) is 21.9. The Labute approximate surface area is 198 Å². The Hall–Kier alpha value is -4.24. The molecule has 0 unspecified atom stereocenters. The topological polar surface area (TPSA) is 113 Å². The van der Waals surface area contributed by atoms with E-state index in [2.05, 4.69) is 20.2 Å². The molecule has 5 rings (SSSR count). The minimum absolute atomic E-state index is 0.0801. The number of aromatic hydroxyl groups is 1. The van der Waals surface area contributed by atoms with Gasteiger partial charge in [0.05, 0.1) is 27.9 Å². The number of benzene rings is 3. The van der Waals surface area contributed by atoms with Gasteiger partial charge in [-0.1, -0.05) is 59.8 Å². The summed E-state index contributed by atoms with van der Waals surface area (Å²) in [5.74, 6) is -0.758. The van der Waals surface area contributed by atoms with Gasteiger partial charge in [-0.2, -0.15) is 0 Å². The molecule has 0 atom stereocenters. The van der Waals surface area contributed by atoms with Crippen LogP contribution in [0.4, 0.5) is 5.69 Å². The zero-order valence-corrected chi connectivity index (χ0v) is 18.9. The number of aromatic nitrogens is 3. The standard InChI is InChI=1S/C25H19N5O3S/c1-15-11-12-20-18(13-15)24(33)30(16-7-3-2-4-8-16)25(27-20)34-14-21(31)28-29-22-17-9-5-6-10-19(17)26-23(22)32/h2-13,26,32H,14H2,1H3. The second kappa shape index (κ2) is 8.95. The lowest BCUT2D eigenvalue weighted by Gasteiger charge is -2.12.